The highest BCUT2D eigenvalue weighted by Gasteiger charge is 2.05. The van der Waals surface area contributed by atoms with Gasteiger partial charge in [-0.15, -0.1) is 0 Å². The van der Waals surface area contributed by atoms with Gasteiger partial charge >= 0.3 is 0 Å². The Bertz CT molecular complexity index is 298. The first-order chi connectivity index (χ1) is 5.11. The van der Waals surface area contributed by atoms with E-state index in [1.54, 1.807) is 0 Å². The Morgan fingerprint density at radius 3 is 2.64 bits per heavy atom. The highest BCUT2D eigenvalue weighted by atomic mass is 35.5. The van der Waals surface area contributed by atoms with Gasteiger partial charge in [0, 0.05) is 0 Å². The van der Waals surface area contributed by atoms with Gasteiger partial charge in [-0.3, -0.25) is 4.79 Å². The van der Waals surface area contributed by atoms with Crippen LogP contribution in [0.2, 0.25) is 5.02 Å². The third-order valence-corrected chi connectivity index (χ3v) is 1.56. The molecule has 1 rings (SSSR count). The summed E-state index contributed by atoms with van der Waals surface area (Å²) in [7, 11) is 0. The van der Waals surface area contributed by atoms with Crippen molar-refractivity contribution in [3.63, 3.8) is 0 Å². The zero-order valence-electron chi connectivity index (χ0n) is 5.60. The second-order valence-corrected chi connectivity index (χ2v) is 2.47. The zero-order valence-corrected chi connectivity index (χ0v) is 6.35. The summed E-state index contributed by atoms with van der Waals surface area (Å²) in [5.74, 6) is -0.607. The lowest BCUT2D eigenvalue weighted by atomic mass is 10.2. The van der Waals surface area contributed by atoms with E-state index in [2.05, 4.69) is 0 Å². The molecule has 0 aliphatic rings. The molecule has 57 valence electrons. The molecule has 0 saturated carbocycles. The van der Waals surface area contributed by atoms with Crippen LogP contribution in [0, 0.1) is 0 Å². The lowest BCUT2D eigenvalue weighted by molar-refractivity contribution is 0.100. The molecule has 1 aromatic rings. The number of carbonyl (C=O) groups excluding carboxylic acids is 1. The molecule has 0 bridgehead atoms. The third kappa shape index (κ3) is 1.62. The smallest absolute Gasteiger partial charge is 0.250 e. The standard InChI is InChI=1S/C7H6ClN2O/c8-6-2-1-4(9)3-5(6)7(10)11/h1-3,9H,(H2,10,11). The van der Waals surface area contributed by atoms with E-state index >= 15 is 0 Å². The van der Waals surface area contributed by atoms with E-state index in [1.807, 2.05) is 0 Å². The molecule has 0 aliphatic heterocycles. The molecular formula is C7H6ClN2O. The second-order valence-electron chi connectivity index (χ2n) is 2.06. The van der Waals surface area contributed by atoms with Crippen molar-refractivity contribution in [2.75, 3.05) is 0 Å². The van der Waals surface area contributed by atoms with Gasteiger partial charge < -0.3 is 11.5 Å². The Labute approximate surface area is 68.9 Å². The van der Waals surface area contributed by atoms with E-state index in [-0.39, 0.29) is 16.3 Å². The minimum Gasteiger partial charge on any atom is -0.366 e. The first-order valence-corrected chi connectivity index (χ1v) is 3.30. The van der Waals surface area contributed by atoms with Gasteiger partial charge in [0.1, 0.15) is 0 Å². The summed E-state index contributed by atoms with van der Waals surface area (Å²) in [4.78, 5) is 10.6. The largest absolute Gasteiger partial charge is 0.366 e. The number of rotatable bonds is 1. The van der Waals surface area contributed by atoms with Gasteiger partial charge in [0.15, 0.2) is 0 Å². The van der Waals surface area contributed by atoms with Gasteiger partial charge in [0.25, 0.3) is 0 Å². The average molecular weight is 170 g/mol. The molecule has 0 fully saturated rings. The van der Waals surface area contributed by atoms with Crippen molar-refractivity contribution in [3.05, 3.63) is 28.8 Å². The number of halogens is 1. The Morgan fingerprint density at radius 2 is 2.18 bits per heavy atom. The number of carbonyl (C=O) groups is 1. The molecule has 0 spiro atoms. The van der Waals surface area contributed by atoms with Gasteiger partial charge in [-0.2, -0.15) is 0 Å². The van der Waals surface area contributed by atoms with Crippen LogP contribution >= 0.6 is 11.6 Å². The molecule has 0 atom stereocenters. The lowest BCUT2D eigenvalue weighted by Gasteiger charge is -1.98. The van der Waals surface area contributed by atoms with Crippen LogP contribution in [-0.4, -0.2) is 5.91 Å². The summed E-state index contributed by atoms with van der Waals surface area (Å²) in [5, 5.41) is 0.286. The lowest BCUT2D eigenvalue weighted by Crippen LogP contribution is -2.11. The molecule has 4 heteroatoms. The number of primary amides is 1. The van der Waals surface area contributed by atoms with E-state index in [0.29, 0.717) is 0 Å². The van der Waals surface area contributed by atoms with Crippen molar-refractivity contribution >= 4 is 23.2 Å². The zero-order chi connectivity index (χ0) is 8.43. The van der Waals surface area contributed by atoms with Crippen LogP contribution in [0.4, 0.5) is 5.69 Å². The van der Waals surface area contributed by atoms with Gasteiger partial charge in [0.2, 0.25) is 5.91 Å². The Morgan fingerprint density at radius 1 is 1.55 bits per heavy atom. The van der Waals surface area contributed by atoms with Crippen molar-refractivity contribution in [1.82, 2.24) is 5.73 Å². The molecule has 3 N–H and O–H groups in total. The summed E-state index contributed by atoms with van der Waals surface area (Å²) in [5.41, 5.74) is 12.6. The van der Waals surface area contributed by atoms with Crippen molar-refractivity contribution in [2.24, 2.45) is 5.73 Å². The van der Waals surface area contributed by atoms with Crippen molar-refractivity contribution in [3.8, 4) is 0 Å². The number of nitrogens with one attached hydrogen (secondary N) is 1. The first-order valence-electron chi connectivity index (χ1n) is 2.92. The predicted octanol–water partition coefficient (Wildman–Crippen LogP) is 1.35. The van der Waals surface area contributed by atoms with Crippen LogP contribution in [-0.2, 0) is 0 Å². The maximum atomic E-state index is 10.6. The van der Waals surface area contributed by atoms with Crippen LogP contribution in [0.3, 0.4) is 0 Å². The summed E-state index contributed by atoms with van der Waals surface area (Å²) >= 11 is 5.61. The monoisotopic (exact) mass is 169 g/mol. The molecular weight excluding hydrogens is 164 g/mol. The maximum absolute atomic E-state index is 10.6. The van der Waals surface area contributed by atoms with Crippen LogP contribution in [0.1, 0.15) is 10.4 Å². The van der Waals surface area contributed by atoms with E-state index in [0.717, 1.165) is 0 Å². The predicted molar refractivity (Wildman–Crippen MR) is 42.7 cm³/mol. The molecule has 3 nitrogen and oxygen atoms in total. The van der Waals surface area contributed by atoms with E-state index in [9.17, 15) is 4.79 Å². The van der Waals surface area contributed by atoms with Gasteiger partial charge in [-0.25, -0.2) is 0 Å². The Hall–Kier alpha value is -1.22. The molecule has 0 aromatic heterocycles. The normalized spacial score (nSPS) is 9.55. The molecule has 1 amide bonds. The van der Waals surface area contributed by atoms with E-state index in [1.165, 1.54) is 18.2 Å². The fraction of sp³-hybridized carbons (Fsp3) is 0. The topological polar surface area (TPSA) is 66.9 Å². The first kappa shape index (κ1) is 7.88. The summed E-state index contributed by atoms with van der Waals surface area (Å²) in [6, 6.07) is 4.31. The molecule has 0 aliphatic carbocycles. The highest BCUT2D eigenvalue weighted by molar-refractivity contribution is 6.33. The van der Waals surface area contributed by atoms with Crippen LogP contribution in [0.15, 0.2) is 18.2 Å². The summed E-state index contributed by atoms with van der Waals surface area (Å²) < 4.78 is 0. The van der Waals surface area contributed by atoms with Crippen molar-refractivity contribution in [1.29, 1.82) is 0 Å². The SMILES string of the molecule is [NH]c1ccc(Cl)c(C(N)=O)c1. The number of amides is 1. The summed E-state index contributed by atoms with van der Waals surface area (Å²) in [6.07, 6.45) is 0. The fourth-order valence-corrected chi connectivity index (χ4v) is 0.925. The van der Waals surface area contributed by atoms with E-state index < -0.39 is 5.91 Å². The van der Waals surface area contributed by atoms with E-state index in [4.69, 9.17) is 23.1 Å². The van der Waals surface area contributed by atoms with Crippen molar-refractivity contribution < 1.29 is 4.79 Å². The maximum Gasteiger partial charge on any atom is 0.250 e. The number of hydrogen-bond acceptors (Lipinski definition) is 1. The van der Waals surface area contributed by atoms with Crippen LogP contribution < -0.4 is 11.5 Å². The molecule has 0 heterocycles. The quantitative estimate of drug-likeness (QED) is 0.678. The average Bonchev–Trinajstić information content (AvgIpc) is 1.94. The highest BCUT2D eigenvalue weighted by Crippen LogP contribution is 2.18. The minimum atomic E-state index is -0.607. The second kappa shape index (κ2) is 2.80. The van der Waals surface area contributed by atoms with Crippen LogP contribution in [0.5, 0.6) is 0 Å². The fourth-order valence-electron chi connectivity index (χ4n) is 0.714. The third-order valence-electron chi connectivity index (χ3n) is 1.23. The minimum absolute atomic E-state index is 0.194. The van der Waals surface area contributed by atoms with Crippen LogP contribution in [0.25, 0.3) is 0 Å². The molecule has 0 saturated heterocycles. The number of hydrogen-bond donors (Lipinski definition) is 1. The Kier molecular flexibility index (Phi) is 2.01. The number of nitrogens with two attached hydrogens (primary N) is 1. The summed E-state index contributed by atoms with van der Waals surface area (Å²) in [6.45, 7) is 0. The van der Waals surface area contributed by atoms with Crippen molar-refractivity contribution in [2.45, 2.75) is 0 Å². The molecule has 1 aromatic carbocycles. The molecule has 0 unspecified atom stereocenters. The molecule has 11 heavy (non-hydrogen) atoms. The molecule has 1 radical (unpaired) electrons. The Balaban J connectivity index is 3.23. The van der Waals surface area contributed by atoms with Gasteiger partial charge in [-0.1, -0.05) is 11.6 Å². The number of benzene rings is 1. The van der Waals surface area contributed by atoms with Gasteiger partial charge in [0.05, 0.1) is 16.3 Å². The van der Waals surface area contributed by atoms with Gasteiger partial charge in [-0.05, 0) is 18.2 Å².